The highest BCUT2D eigenvalue weighted by atomic mass is 16.5. The Morgan fingerprint density at radius 2 is 2.03 bits per heavy atom. The van der Waals surface area contributed by atoms with Crippen molar-refractivity contribution in [2.45, 2.75) is 45.4 Å². The van der Waals surface area contributed by atoms with E-state index >= 15 is 0 Å². The molecule has 1 saturated carbocycles. The van der Waals surface area contributed by atoms with Gasteiger partial charge in [0.1, 0.15) is 12.4 Å². The number of methoxy groups -OCH3 is 1. The Bertz CT molecular complexity index is 1030. The summed E-state index contributed by atoms with van der Waals surface area (Å²) in [6.45, 7) is 6.69. The Labute approximate surface area is 207 Å². The number of rotatable bonds is 5. The Hall–Kier alpha value is -2.97. The minimum atomic E-state index is -0.155. The average Bonchev–Trinajstić information content (AvgIpc) is 3.71. The monoisotopic (exact) mass is 480 g/mol. The van der Waals surface area contributed by atoms with Crippen LogP contribution in [-0.2, 0) is 16.1 Å². The van der Waals surface area contributed by atoms with Crippen LogP contribution in [0.3, 0.4) is 0 Å². The van der Waals surface area contributed by atoms with Crippen LogP contribution in [0.2, 0.25) is 0 Å². The van der Waals surface area contributed by atoms with Crippen LogP contribution in [0.25, 0.3) is 0 Å². The second-order valence-electron chi connectivity index (χ2n) is 9.86. The molecule has 0 bridgehead atoms. The highest BCUT2D eigenvalue weighted by Gasteiger charge is 2.31. The van der Waals surface area contributed by atoms with Crippen molar-refractivity contribution >= 4 is 17.5 Å². The van der Waals surface area contributed by atoms with E-state index < -0.39 is 0 Å². The minimum absolute atomic E-state index is 0.00719. The summed E-state index contributed by atoms with van der Waals surface area (Å²) in [6.07, 6.45) is 5.38. The van der Waals surface area contributed by atoms with Crippen molar-refractivity contribution in [1.29, 1.82) is 0 Å². The molecule has 2 heterocycles. The first-order valence-electron chi connectivity index (χ1n) is 12.3. The third-order valence-corrected chi connectivity index (χ3v) is 6.90. The van der Waals surface area contributed by atoms with Crippen LogP contribution in [0.5, 0.6) is 5.75 Å². The second kappa shape index (κ2) is 11.2. The van der Waals surface area contributed by atoms with Gasteiger partial charge in [0.05, 0.1) is 11.7 Å². The van der Waals surface area contributed by atoms with Gasteiger partial charge in [-0.3, -0.25) is 19.5 Å². The average molecular weight is 481 g/mol. The van der Waals surface area contributed by atoms with E-state index in [1.807, 2.05) is 12.3 Å². The van der Waals surface area contributed by atoms with Crippen LogP contribution in [0.4, 0.5) is 5.69 Å². The maximum atomic E-state index is 13.5. The van der Waals surface area contributed by atoms with Gasteiger partial charge in [-0.05, 0) is 55.5 Å². The number of likely N-dealkylation sites (N-methyl/N-ethyl adjacent to an activating group) is 1. The molecule has 2 aliphatic rings. The molecule has 35 heavy (non-hydrogen) atoms. The fraction of sp³-hybridized carbons (Fsp3) is 0.519. The van der Waals surface area contributed by atoms with Crippen molar-refractivity contribution in [1.82, 2.24) is 14.8 Å². The number of pyridine rings is 1. The number of hydrogen-bond donors (Lipinski definition) is 1. The van der Waals surface area contributed by atoms with Gasteiger partial charge in [0.25, 0.3) is 5.91 Å². The molecule has 0 unspecified atom stereocenters. The molecule has 0 spiro atoms. The fourth-order valence-corrected chi connectivity index (χ4v) is 4.47. The highest BCUT2D eigenvalue weighted by molar-refractivity contribution is 6.00. The van der Waals surface area contributed by atoms with Gasteiger partial charge in [-0.2, -0.15) is 0 Å². The normalized spacial score (nSPS) is 24.1. The van der Waals surface area contributed by atoms with Gasteiger partial charge in [-0.1, -0.05) is 13.0 Å². The molecule has 0 radical (unpaired) electrons. The van der Waals surface area contributed by atoms with Crippen molar-refractivity contribution < 1.29 is 19.1 Å². The summed E-state index contributed by atoms with van der Waals surface area (Å²) in [6, 6.07) is 9.42. The number of carbonyl (C=O) groups excluding carboxylic acids is 2. The topological polar surface area (TPSA) is 84.0 Å². The molecule has 1 aliphatic heterocycles. The van der Waals surface area contributed by atoms with Crippen molar-refractivity contribution in [3.05, 3.63) is 53.9 Å². The number of benzene rings is 1. The number of amides is 2. The number of anilines is 1. The zero-order valence-corrected chi connectivity index (χ0v) is 21.1. The summed E-state index contributed by atoms with van der Waals surface area (Å²) in [4.78, 5) is 34.0. The molecule has 2 amide bonds. The van der Waals surface area contributed by atoms with Crippen LogP contribution < -0.4 is 10.1 Å². The van der Waals surface area contributed by atoms with Crippen molar-refractivity contribution in [3.63, 3.8) is 0 Å². The lowest BCUT2D eigenvalue weighted by Crippen LogP contribution is -2.46. The summed E-state index contributed by atoms with van der Waals surface area (Å²) in [5.74, 6) is 0.630. The van der Waals surface area contributed by atoms with E-state index in [0.717, 1.165) is 31.5 Å². The Balaban J connectivity index is 1.61. The Morgan fingerprint density at radius 1 is 1.23 bits per heavy atom. The van der Waals surface area contributed by atoms with Crippen LogP contribution in [0.15, 0.2) is 42.7 Å². The molecule has 8 nitrogen and oxygen atoms in total. The van der Waals surface area contributed by atoms with E-state index in [9.17, 15) is 9.59 Å². The zero-order chi connectivity index (χ0) is 24.9. The van der Waals surface area contributed by atoms with Gasteiger partial charge in [-0.25, -0.2) is 0 Å². The number of carbonyl (C=O) groups is 2. The van der Waals surface area contributed by atoms with E-state index in [1.54, 1.807) is 43.5 Å². The molecule has 8 heteroatoms. The van der Waals surface area contributed by atoms with Crippen molar-refractivity contribution in [2.75, 3.05) is 39.2 Å². The summed E-state index contributed by atoms with van der Waals surface area (Å²) in [5.41, 5.74) is 2.19. The molecular formula is C27H36N4O4. The van der Waals surface area contributed by atoms with Gasteiger partial charge in [0.2, 0.25) is 5.91 Å². The Kier molecular flexibility index (Phi) is 8.03. The number of nitrogens with one attached hydrogen (secondary N) is 1. The molecule has 1 N–H and O–H groups in total. The molecule has 188 valence electrons. The third-order valence-electron chi connectivity index (χ3n) is 6.90. The molecule has 1 fully saturated rings. The molecule has 1 aromatic carbocycles. The molecule has 1 aliphatic carbocycles. The lowest BCUT2D eigenvalue weighted by Gasteiger charge is -2.36. The van der Waals surface area contributed by atoms with E-state index in [2.05, 4.69) is 35.1 Å². The predicted octanol–water partition coefficient (Wildman–Crippen LogP) is 3.44. The second-order valence-corrected chi connectivity index (χ2v) is 9.86. The first-order chi connectivity index (χ1) is 16.9. The maximum absolute atomic E-state index is 13.5. The maximum Gasteiger partial charge on any atom is 0.257 e. The van der Waals surface area contributed by atoms with E-state index in [0.29, 0.717) is 30.2 Å². The van der Waals surface area contributed by atoms with Crippen LogP contribution in [0, 0.1) is 11.8 Å². The molecule has 0 saturated heterocycles. The van der Waals surface area contributed by atoms with Gasteiger partial charge < -0.3 is 19.7 Å². The van der Waals surface area contributed by atoms with E-state index in [1.165, 1.54) is 0 Å². The summed E-state index contributed by atoms with van der Waals surface area (Å²) in [5, 5.41) is 2.94. The lowest BCUT2D eigenvalue weighted by atomic mass is 10.0. The molecule has 2 aromatic rings. The number of fused-ring (bicyclic) bond motifs is 1. The van der Waals surface area contributed by atoms with Crippen molar-refractivity contribution in [2.24, 2.45) is 11.8 Å². The number of hydrogen-bond acceptors (Lipinski definition) is 6. The SMILES string of the molecule is CO[C@@H]1CN(C)C(=O)c2cc(NC(=O)C3CC3)ccc2OC[C@H](C)N(Cc2cccnc2)C[C@@H]1C. The molecule has 1 aromatic heterocycles. The first-order valence-corrected chi connectivity index (χ1v) is 12.3. The van der Waals surface area contributed by atoms with Gasteiger partial charge >= 0.3 is 0 Å². The standard InChI is InChI=1S/C27H36N4O4/c1-18-14-31(15-20-6-5-11-28-13-20)19(2)17-35-24-10-9-22(29-26(32)21-7-8-21)12-23(24)27(33)30(3)16-25(18)34-4/h5-6,9-13,18-19,21,25H,7-8,14-17H2,1-4H3,(H,29,32)/t18-,19-,25+/m0/s1. The smallest absolute Gasteiger partial charge is 0.257 e. The molecular weight excluding hydrogens is 444 g/mol. The largest absolute Gasteiger partial charge is 0.491 e. The summed E-state index contributed by atoms with van der Waals surface area (Å²) < 4.78 is 12.1. The quantitative estimate of drug-likeness (QED) is 0.706. The van der Waals surface area contributed by atoms with E-state index in [4.69, 9.17) is 9.47 Å². The number of ether oxygens (including phenoxy) is 2. The third kappa shape index (κ3) is 6.38. The number of nitrogens with zero attached hydrogens (tertiary/aromatic N) is 3. The van der Waals surface area contributed by atoms with Crippen LogP contribution >= 0.6 is 0 Å². The zero-order valence-electron chi connectivity index (χ0n) is 21.1. The highest BCUT2D eigenvalue weighted by Crippen LogP contribution is 2.31. The first kappa shape index (κ1) is 25.1. The summed E-state index contributed by atoms with van der Waals surface area (Å²) in [7, 11) is 3.48. The van der Waals surface area contributed by atoms with Gasteiger partial charge in [-0.15, -0.1) is 0 Å². The van der Waals surface area contributed by atoms with Gasteiger partial charge in [0, 0.05) is 63.8 Å². The van der Waals surface area contributed by atoms with Crippen molar-refractivity contribution in [3.8, 4) is 5.75 Å². The predicted molar refractivity (Wildman–Crippen MR) is 134 cm³/mol. The summed E-state index contributed by atoms with van der Waals surface area (Å²) >= 11 is 0. The van der Waals surface area contributed by atoms with Gasteiger partial charge in [0.15, 0.2) is 0 Å². The van der Waals surface area contributed by atoms with E-state index in [-0.39, 0.29) is 35.8 Å². The lowest BCUT2D eigenvalue weighted by molar-refractivity contribution is -0.117. The molecule has 3 atom stereocenters. The molecule has 4 rings (SSSR count). The van der Waals surface area contributed by atoms with Crippen LogP contribution in [-0.4, -0.2) is 72.6 Å². The Morgan fingerprint density at radius 3 is 2.71 bits per heavy atom. The minimum Gasteiger partial charge on any atom is -0.491 e. The fourth-order valence-electron chi connectivity index (χ4n) is 4.47. The number of aromatic nitrogens is 1. The van der Waals surface area contributed by atoms with Crippen LogP contribution in [0.1, 0.15) is 42.6 Å².